The molecule has 0 aliphatic carbocycles. The van der Waals surface area contributed by atoms with Gasteiger partial charge in [0, 0.05) is 5.69 Å². The monoisotopic (exact) mass is 376 g/mol. The zero-order valence-corrected chi connectivity index (χ0v) is 13.0. The maximum Gasteiger partial charge on any atom is 0.416 e. The lowest BCUT2D eigenvalue weighted by atomic mass is 10.1. The van der Waals surface area contributed by atoms with Gasteiger partial charge < -0.3 is 14.6 Å². The number of nitrogens with one attached hydrogen (secondary N) is 1. The van der Waals surface area contributed by atoms with E-state index in [0.29, 0.717) is 23.3 Å². The van der Waals surface area contributed by atoms with Gasteiger partial charge >= 0.3 is 12.4 Å². The fraction of sp³-hybridized carbons (Fsp3) is 0.188. The molecular weight excluding hydrogens is 366 g/mol. The normalized spacial score (nSPS) is 12.4. The SMILES string of the molecule is COc1ccc2onc(Nc3cc(C(F)(F)F)cc(C(F)(F)F)c3)c2c1. The Labute approximate surface area is 142 Å². The van der Waals surface area contributed by atoms with Crippen LogP contribution in [-0.4, -0.2) is 12.3 Å². The number of rotatable bonds is 3. The Morgan fingerprint density at radius 2 is 1.54 bits per heavy atom. The second kappa shape index (κ2) is 6.11. The highest BCUT2D eigenvalue weighted by atomic mass is 19.4. The smallest absolute Gasteiger partial charge is 0.416 e. The summed E-state index contributed by atoms with van der Waals surface area (Å²) in [5.41, 5.74) is -3.00. The Balaban J connectivity index is 2.07. The molecule has 0 aliphatic rings. The molecule has 138 valence electrons. The molecule has 4 nitrogen and oxygen atoms in total. The molecule has 3 aromatic rings. The van der Waals surface area contributed by atoms with Crippen LogP contribution in [0.5, 0.6) is 5.75 Å². The van der Waals surface area contributed by atoms with Crippen LogP contribution < -0.4 is 10.1 Å². The number of aromatic nitrogens is 1. The predicted octanol–water partition coefficient (Wildman–Crippen LogP) is 5.62. The molecule has 1 heterocycles. The predicted molar refractivity (Wildman–Crippen MR) is 80.3 cm³/mol. The maximum atomic E-state index is 12.9. The van der Waals surface area contributed by atoms with Gasteiger partial charge in [-0.25, -0.2) is 0 Å². The fourth-order valence-electron chi connectivity index (χ4n) is 2.30. The van der Waals surface area contributed by atoms with E-state index < -0.39 is 29.2 Å². The molecule has 1 N–H and O–H groups in total. The van der Waals surface area contributed by atoms with Crippen LogP contribution in [0.3, 0.4) is 0 Å². The first-order chi connectivity index (χ1) is 12.1. The van der Waals surface area contributed by atoms with Crippen molar-refractivity contribution in [2.45, 2.75) is 12.4 Å². The topological polar surface area (TPSA) is 47.3 Å². The molecule has 10 heteroatoms. The van der Waals surface area contributed by atoms with E-state index in [-0.39, 0.29) is 17.5 Å². The van der Waals surface area contributed by atoms with Gasteiger partial charge in [-0.1, -0.05) is 5.16 Å². The molecule has 0 unspecified atom stereocenters. The third kappa shape index (κ3) is 3.53. The number of ether oxygens (including phenoxy) is 1. The van der Waals surface area contributed by atoms with E-state index in [2.05, 4.69) is 10.5 Å². The molecule has 0 atom stereocenters. The van der Waals surface area contributed by atoms with E-state index >= 15 is 0 Å². The molecule has 0 aliphatic heterocycles. The lowest BCUT2D eigenvalue weighted by molar-refractivity contribution is -0.143. The molecule has 0 saturated heterocycles. The summed E-state index contributed by atoms with van der Waals surface area (Å²) in [5, 5.41) is 6.43. The Bertz CT molecular complexity index is 914. The minimum Gasteiger partial charge on any atom is -0.497 e. The van der Waals surface area contributed by atoms with Crippen molar-refractivity contribution in [1.82, 2.24) is 5.16 Å². The van der Waals surface area contributed by atoms with Crippen molar-refractivity contribution in [1.29, 1.82) is 0 Å². The third-order valence-corrected chi connectivity index (χ3v) is 3.53. The first-order valence-corrected chi connectivity index (χ1v) is 7.08. The van der Waals surface area contributed by atoms with Crippen molar-refractivity contribution in [3.05, 3.63) is 47.5 Å². The summed E-state index contributed by atoms with van der Waals surface area (Å²) in [6.07, 6.45) is -9.88. The molecular formula is C16H10F6N2O2. The van der Waals surface area contributed by atoms with E-state index in [1.165, 1.54) is 19.2 Å². The largest absolute Gasteiger partial charge is 0.497 e. The minimum absolute atomic E-state index is 0.0358. The van der Waals surface area contributed by atoms with Crippen LogP contribution in [0.4, 0.5) is 37.8 Å². The van der Waals surface area contributed by atoms with Gasteiger partial charge in [0.1, 0.15) is 5.75 Å². The highest BCUT2D eigenvalue weighted by Gasteiger charge is 2.37. The van der Waals surface area contributed by atoms with E-state index in [9.17, 15) is 26.3 Å². The van der Waals surface area contributed by atoms with E-state index in [0.717, 1.165) is 0 Å². The van der Waals surface area contributed by atoms with Crippen molar-refractivity contribution in [2.24, 2.45) is 0 Å². The number of halogens is 6. The van der Waals surface area contributed by atoms with Crippen LogP contribution in [0.2, 0.25) is 0 Å². The van der Waals surface area contributed by atoms with E-state index in [1.54, 1.807) is 6.07 Å². The van der Waals surface area contributed by atoms with Gasteiger partial charge in [0.05, 0.1) is 23.6 Å². The number of anilines is 2. The molecule has 0 radical (unpaired) electrons. The summed E-state index contributed by atoms with van der Waals surface area (Å²) in [6, 6.07) is 5.76. The number of hydrogen-bond acceptors (Lipinski definition) is 4. The number of benzene rings is 2. The Morgan fingerprint density at radius 3 is 2.08 bits per heavy atom. The quantitative estimate of drug-likeness (QED) is 0.603. The van der Waals surface area contributed by atoms with E-state index in [4.69, 9.17) is 9.26 Å². The molecule has 2 aromatic carbocycles. The van der Waals surface area contributed by atoms with Gasteiger partial charge in [-0.3, -0.25) is 0 Å². The summed E-state index contributed by atoms with van der Waals surface area (Å²) in [6.45, 7) is 0. The molecule has 3 rings (SSSR count). The number of nitrogens with zero attached hydrogens (tertiary/aromatic N) is 1. The first kappa shape index (κ1) is 17.9. The van der Waals surface area contributed by atoms with Gasteiger partial charge in [-0.2, -0.15) is 26.3 Å². The van der Waals surface area contributed by atoms with Gasteiger partial charge in [-0.05, 0) is 36.4 Å². The standard InChI is InChI=1S/C16H10F6N2O2/c1-25-11-2-3-13-12(7-11)14(24-26-13)23-10-5-8(15(17,18)19)4-9(6-10)16(20,21)22/h2-7H,1H3,(H,23,24). The van der Waals surface area contributed by atoms with Crippen molar-refractivity contribution >= 4 is 22.5 Å². The average Bonchev–Trinajstić information content (AvgIpc) is 2.95. The van der Waals surface area contributed by atoms with Gasteiger partial charge in [0.25, 0.3) is 0 Å². The summed E-state index contributed by atoms with van der Waals surface area (Å²) in [4.78, 5) is 0. The Morgan fingerprint density at radius 1 is 0.923 bits per heavy atom. The maximum absolute atomic E-state index is 12.9. The van der Waals surface area contributed by atoms with Crippen molar-refractivity contribution in [3.63, 3.8) is 0 Å². The first-order valence-electron chi connectivity index (χ1n) is 7.08. The summed E-state index contributed by atoms with van der Waals surface area (Å²) in [5.74, 6) is 0.384. The highest BCUT2D eigenvalue weighted by molar-refractivity contribution is 5.91. The minimum atomic E-state index is -4.94. The number of fused-ring (bicyclic) bond motifs is 1. The molecule has 26 heavy (non-hydrogen) atoms. The molecule has 0 saturated carbocycles. The van der Waals surface area contributed by atoms with Crippen LogP contribution in [0.15, 0.2) is 40.9 Å². The van der Waals surface area contributed by atoms with Crippen LogP contribution in [0.25, 0.3) is 11.0 Å². The second-order valence-corrected chi connectivity index (χ2v) is 5.31. The van der Waals surface area contributed by atoms with Gasteiger partial charge in [0.2, 0.25) is 0 Å². The molecule has 0 spiro atoms. The summed E-state index contributed by atoms with van der Waals surface area (Å²) < 4.78 is 87.6. The average molecular weight is 376 g/mol. The number of alkyl halides is 6. The zero-order valence-electron chi connectivity index (χ0n) is 13.0. The number of methoxy groups -OCH3 is 1. The molecule has 0 amide bonds. The third-order valence-electron chi connectivity index (χ3n) is 3.53. The highest BCUT2D eigenvalue weighted by Crippen LogP contribution is 2.38. The molecule has 1 aromatic heterocycles. The van der Waals surface area contributed by atoms with Crippen LogP contribution >= 0.6 is 0 Å². The van der Waals surface area contributed by atoms with Crippen LogP contribution in [0, 0.1) is 0 Å². The summed E-state index contributed by atoms with van der Waals surface area (Å²) in [7, 11) is 1.41. The lowest BCUT2D eigenvalue weighted by Crippen LogP contribution is -2.11. The summed E-state index contributed by atoms with van der Waals surface area (Å²) >= 11 is 0. The fourth-order valence-corrected chi connectivity index (χ4v) is 2.30. The van der Waals surface area contributed by atoms with E-state index in [1.807, 2.05) is 0 Å². The Kier molecular flexibility index (Phi) is 4.21. The van der Waals surface area contributed by atoms with Crippen molar-refractivity contribution in [2.75, 3.05) is 12.4 Å². The van der Waals surface area contributed by atoms with Crippen molar-refractivity contribution in [3.8, 4) is 5.75 Å². The van der Waals surface area contributed by atoms with Gasteiger partial charge in [0.15, 0.2) is 11.4 Å². The number of hydrogen-bond donors (Lipinski definition) is 1. The Hall–Kier alpha value is -2.91. The van der Waals surface area contributed by atoms with Gasteiger partial charge in [-0.15, -0.1) is 0 Å². The molecule has 0 fully saturated rings. The van der Waals surface area contributed by atoms with Crippen LogP contribution in [0.1, 0.15) is 11.1 Å². The van der Waals surface area contributed by atoms with Crippen molar-refractivity contribution < 1.29 is 35.6 Å². The lowest BCUT2D eigenvalue weighted by Gasteiger charge is -2.14. The molecule has 0 bridgehead atoms. The zero-order chi connectivity index (χ0) is 19.1. The van der Waals surface area contributed by atoms with Crippen LogP contribution in [-0.2, 0) is 12.4 Å². The second-order valence-electron chi connectivity index (χ2n) is 5.31.